The number of rotatable bonds is 7. The van der Waals surface area contributed by atoms with Crippen LogP contribution in [-0.2, 0) is 9.53 Å². The van der Waals surface area contributed by atoms with Crippen molar-refractivity contribution < 1.29 is 9.53 Å². The first-order chi connectivity index (χ1) is 13.0. The zero-order valence-corrected chi connectivity index (χ0v) is 20.4. The highest BCUT2D eigenvalue weighted by Crippen LogP contribution is 2.27. The summed E-state index contributed by atoms with van der Waals surface area (Å²) in [7, 11) is 5.20. The first-order valence-corrected chi connectivity index (χ1v) is 10.5. The molecule has 2 aliphatic rings. The van der Waals surface area contributed by atoms with E-state index in [-0.39, 0.29) is 36.4 Å². The zero-order chi connectivity index (χ0) is 19.6. The minimum Gasteiger partial charge on any atom is -0.383 e. The molecule has 0 aromatic heterocycles. The molecule has 0 spiro atoms. The van der Waals surface area contributed by atoms with Crippen LogP contribution in [0.4, 0.5) is 0 Å². The second-order valence-electron chi connectivity index (χ2n) is 8.24. The second kappa shape index (κ2) is 13.6. The quantitative estimate of drug-likeness (QED) is 0.238. The number of hydrogen-bond donors (Lipinski definition) is 2. The van der Waals surface area contributed by atoms with Gasteiger partial charge in [-0.2, -0.15) is 0 Å². The SMILES string of the molecule is COCCNC(=NCC(=O)N(C)C)NC1CCC(N2CCC(C)CC2)CC1.I. The average Bonchev–Trinajstić information content (AvgIpc) is 2.67. The summed E-state index contributed by atoms with van der Waals surface area (Å²) in [6, 6.07) is 1.17. The van der Waals surface area contributed by atoms with E-state index in [0.29, 0.717) is 19.2 Å². The molecule has 1 heterocycles. The molecule has 1 saturated carbocycles. The van der Waals surface area contributed by atoms with Crippen LogP contribution < -0.4 is 10.6 Å². The summed E-state index contributed by atoms with van der Waals surface area (Å²) in [6.07, 6.45) is 7.49. The van der Waals surface area contributed by atoms with E-state index in [1.807, 2.05) is 0 Å². The Morgan fingerprint density at radius 2 is 1.79 bits per heavy atom. The number of hydrogen-bond acceptors (Lipinski definition) is 4. The molecule has 0 atom stereocenters. The van der Waals surface area contributed by atoms with E-state index in [1.54, 1.807) is 26.1 Å². The number of amides is 1. The van der Waals surface area contributed by atoms with Crippen LogP contribution in [0.3, 0.4) is 0 Å². The molecule has 1 amide bonds. The van der Waals surface area contributed by atoms with Gasteiger partial charge >= 0.3 is 0 Å². The summed E-state index contributed by atoms with van der Waals surface area (Å²) in [5.41, 5.74) is 0. The Morgan fingerprint density at radius 3 is 2.36 bits per heavy atom. The topological polar surface area (TPSA) is 69.2 Å². The predicted octanol–water partition coefficient (Wildman–Crippen LogP) is 1.92. The molecule has 0 aromatic rings. The van der Waals surface area contributed by atoms with Crippen molar-refractivity contribution in [2.45, 2.75) is 57.5 Å². The summed E-state index contributed by atoms with van der Waals surface area (Å²) in [5, 5.41) is 6.81. The number of carbonyl (C=O) groups excluding carboxylic acids is 1. The fourth-order valence-electron chi connectivity index (χ4n) is 3.88. The van der Waals surface area contributed by atoms with Gasteiger partial charge in [0.25, 0.3) is 0 Å². The normalized spacial score (nSPS) is 24.4. The Labute approximate surface area is 188 Å². The largest absolute Gasteiger partial charge is 0.383 e. The highest BCUT2D eigenvalue weighted by molar-refractivity contribution is 14.0. The molecule has 2 rings (SSSR count). The fourth-order valence-corrected chi connectivity index (χ4v) is 3.88. The van der Waals surface area contributed by atoms with Crippen LogP contribution in [0.25, 0.3) is 0 Å². The number of nitrogens with zero attached hydrogens (tertiary/aromatic N) is 3. The summed E-state index contributed by atoms with van der Waals surface area (Å²) < 4.78 is 5.11. The van der Waals surface area contributed by atoms with Gasteiger partial charge < -0.3 is 25.2 Å². The Bertz CT molecular complexity index is 473. The number of nitrogens with one attached hydrogen (secondary N) is 2. The van der Waals surface area contributed by atoms with Gasteiger partial charge in [0.05, 0.1) is 6.61 Å². The third-order valence-electron chi connectivity index (χ3n) is 5.84. The lowest BCUT2D eigenvalue weighted by atomic mass is 9.88. The van der Waals surface area contributed by atoms with Gasteiger partial charge in [-0.3, -0.25) is 4.79 Å². The molecule has 2 fully saturated rings. The maximum absolute atomic E-state index is 11.8. The molecule has 1 saturated heterocycles. The van der Waals surface area contributed by atoms with E-state index in [1.165, 1.54) is 38.8 Å². The van der Waals surface area contributed by atoms with Crippen LogP contribution in [0.2, 0.25) is 0 Å². The van der Waals surface area contributed by atoms with E-state index >= 15 is 0 Å². The summed E-state index contributed by atoms with van der Waals surface area (Å²) in [5.74, 6) is 1.62. The fraction of sp³-hybridized carbons (Fsp3) is 0.900. The smallest absolute Gasteiger partial charge is 0.243 e. The Kier molecular flexibility index (Phi) is 12.3. The molecule has 0 bridgehead atoms. The first kappa shape index (κ1) is 25.4. The number of halogens is 1. The van der Waals surface area contributed by atoms with Crippen LogP contribution in [0.5, 0.6) is 0 Å². The zero-order valence-electron chi connectivity index (χ0n) is 18.1. The molecule has 1 aliphatic heterocycles. The molecule has 164 valence electrons. The van der Waals surface area contributed by atoms with Gasteiger partial charge in [-0.15, -0.1) is 24.0 Å². The number of carbonyl (C=O) groups is 1. The summed E-state index contributed by atoms with van der Waals surface area (Å²) in [4.78, 5) is 20.6. The number of likely N-dealkylation sites (tertiary alicyclic amines) is 1. The third kappa shape index (κ3) is 8.82. The van der Waals surface area contributed by atoms with Gasteiger partial charge in [0.2, 0.25) is 5.91 Å². The molecule has 28 heavy (non-hydrogen) atoms. The van der Waals surface area contributed by atoms with E-state index < -0.39 is 0 Å². The van der Waals surface area contributed by atoms with Crippen molar-refractivity contribution in [2.75, 3.05) is 54.0 Å². The maximum atomic E-state index is 11.8. The monoisotopic (exact) mass is 509 g/mol. The van der Waals surface area contributed by atoms with E-state index in [2.05, 4.69) is 27.4 Å². The average molecular weight is 509 g/mol. The Balaban J connectivity index is 0.00000392. The maximum Gasteiger partial charge on any atom is 0.243 e. The summed E-state index contributed by atoms with van der Waals surface area (Å²) >= 11 is 0. The van der Waals surface area contributed by atoms with Crippen LogP contribution in [0.15, 0.2) is 4.99 Å². The van der Waals surface area contributed by atoms with Gasteiger partial charge in [-0.05, 0) is 57.5 Å². The van der Waals surface area contributed by atoms with Gasteiger partial charge in [-0.25, -0.2) is 4.99 Å². The third-order valence-corrected chi connectivity index (χ3v) is 5.84. The molecule has 0 aromatic carbocycles. The van der Waals surface area contributed by atoms with Crippen molar-refractivity contribution in [2.24, 2.45) is 10.9 Å². The molecular weight excluding hydrogens is 469 g/mol. The summed E-state index contributed by atoms with van der Waals surface area (Å²) in [6.45, 7) is 6.36. The van der Waals surface area contributed by atoms with E-state index in [9.17, 15) is 4.79 Å². The lowest BCUT2D eigenvalue weighted by molar-refractivity contribution is -0.127. The Hall–Kier alpha value is -0.610. The molecule has 8 heteroatoms. The number of likely N-dealkylation sites (N-methyl/N-ethyl adjacent to an activating group) is 1. The number of ether oxygens (including phenoxy) is 1. The van der Waals surface area contributed by atoms with Crippen LogP contribution >= 0.6 is 24.0 Å². The first-order valence-electron chi connectivity index (χ1n) is 10.5. The van der Waals surface area contributed by atoms with Crippen LogP contribution in [-0.4, -0.2) is 87.7 Å². The lowest BCUT2D eigenvalue weighted by Crippen LogP contribution is -2.49. The van der Waals surface area contributed by atoms with Gasteiger partial charge in [0, 0.05) is 39.8 Å². The van der Waals surface area contributed by atoms with E-state index in [0.717, 1.165) is 30.8 Å². The van der Waals surface area contributed by atoms with Gasteiger partial charge in [-0.1, -0.05) is 6.92 Å². The number of aliphatic imine (C=N–C) groups is 1. The number of guanidine groups is 1. The minimum atomic E-state index is 0. The van der Waals surface area contributed by atoms with Crippen molar-refractivity contribution >= 4 is 35.8 Å². The molecule has 0 radical (unpaired) electrons. The van der Waals surface area contributed by atoms with E-state index in [4.69, 9.17) is 4.74 Å². The van der Waals surface area contributed by atoms with Crippen molar-refractivity contribution in [3.63, 3.8) is 0 Å². The van der Waals surface area contributed by atoms with Crippen molar-refractivity contribution in [1.29, 1.82) is 0 Å². The lowest BCUT2D eigenvalue weighted by Gasteiger charge is -2.40. The van der Waals surface area contributed by atoms with Crippen LogP contribution in [0, 0.1) is 5.92 Å². The minimum absolute atomic E-state index is 0. The predicted molar refractivity (Wildman–Crippen MR) is 125 cm³/mol. The van der Waals surface area contributed by atoms with Gasteiger partial charge in [0.1, 0.15) is 6.54 Å². The van der Waals surface area contributed by atoms with Crippen LogP contribution in [0.1, 0.15) is 45.4 Å². The number of piperidine rings is 1. The molecule has 1 aliphatic carbocycles. The van der Waals surface area contributed by atoms with Crippen molar-refractivity contribution in [3.05, 3.63) is 0 Å². The number of methoxy groups -OCH3 is 1. The Morgan fingerprint density at radius 1 is 1.14 bits per heavy atom. The van der Waals surface area contributed by atoms with Gasteiger partial charge in [0.15, 0.2) is 5.96 Å². The highest BCUT2D eigenvalue weighted by atomic mass is 127. The molecule has 2 N–H and O–H groups in total. The van der Waals surface area contributed by atoms with Crippen molar-refractivity contribution in [3.8, 4) is 0 Å². The highest BCUT2D eigenvalue weighted by Gasteiger charge is 2.28. The standard InChI is InChI=1S/C20H39N5O2.HI/c1-16-9-12-25(13-10-16)18-7-5-17(6-8-18)23-20(21-11-14-27-4)22-15-19(26)24(2)3;/h16-18H,5-15H2,1-4H3,(H2,21,22,23);1H. The molecule has 0 unspecified atom stereocenters. The van der Waals surface area contributed by atoms with Crippen molar-refractivity contribution in [1.82, 2.24) is 20.4 Å². The second-order valence-corrected chi connectivity index (χ2v) is 8.24. The molecular formula is C20H40IN5O2. The molecule has 7 nitrogen and oxygen atoms in total.